The molecule has 0 spiro atoms. The molecule has 28 heavy (non-hydrogen) atoms. The van der Waals surface area contributed by atoms with Crippen LogP contribution >= 0.6 is 0 Å². The highest BCUT2D eigenvalue weighted by molar-refractivity contribution is 5.99. The molecule has 1 fully saturated rings. The molecule has 9 heteroatoms. The molecule has 1 saturated heterocycles. The highest BCUT2D eigenvalue weighted by atomic mass is 19.1. The van der Waals surface area contributed by atoms with Crippen LogP contribution < -0.4 is 15.1 Å². The molecule has 0 radical (unpaired) electrons. The van der Waals surface area contributed by atoms with Crippen molar-refractivity contribution in [1.82, 2.24) is 19.9 Å². The smallest absolute Gasteiger partial charge is 0.257 e. The monoisotopic (exact) mass is 383 g/mol. The van der Waals surface area contributed by atoms with Gasteiger partial charge in [0.2, 0.25) is 0 Å². The van der Waals surface area contributed by atoms with E-state index >= 15 is 0 Å². The molecule has 0 saturated carbocycles. The summed E-state index contributed by atoms with van der Waals surface area (Å²) < 4.78 is 21.5. The average Bonchev–Trinajstić information content (AvgIpc) is 3.32. The van der Waals surface area contributed by atoms with E-state index in [1.807, 2.05) is 6.92 Å². The number of aromatic nitrogens is 3. The quantitative estimate of drug-likeness (QED) is 0.641. The fourth-order valence-corrected chi connectivity index (χ4v) is 3.59. The molecule has 2 unspecified atom stereocenters. The lowest BCUT2D eigenvalue weighted by Gasteiger charge is -2.25. The fourth-order valence-electron chi connectivity index (χ4n) is 3.59. The second kappa shape index (κ2) is 6.45. The third-order valence-electron chi connectivity index (χ3n) is 4.93. The number of carbonyl (C=O) groups excluding carboxylic acids is 1. The Hall–Kier alpha value is -3.20. The summed E-state index contributed by atoms with van der Waals surface area (Å²) in [4.78, 5) is 23.1. The zero-order valence-electron chi connectivity index (χ0n) is 15.1. The lowest BCUT2D eigenvalue weighted by molar-refractivity contribution is 0.0928. The first-order valence-electron chi connectivity index (χ1n) is 9.10. The van der Waals surface area contributed by atoms with Gasteiger partial charge in [-0.1, -0.05) is 0 Å². The summed E-state index contributed by atoms with van der Waals surface area (Å²) in [6.45, 7) is 2.56. The Balaban J connectivity index is 1.69. The van der Waals surface area contributed by atoms with Gasteiger partial charge >= 0.3 is 0 Å². The number of anilines is 1. The van der Waals surface area contributed by atoms with Crippen LogP contribution in [0, 0.1) is 5.82 Å². The third-order valence-corrected chi connectivity index (χ3v) is 4.93. The van der Waals surface area contributed by atoms with Crippen molar-refractivity contribution in [2.24, 2.45) is 0 Å². The molecule has 1 amide bonds. The van der Waals surface area contributed by atoms with Crippen LogP contribution in [0.4, 0.5) is 10.2 Å². The van der Waals surface area contributed by atoms with Crippen molar-refractivity contribution in [2.75, 3.05) is 18.3 Å². The van der Waals surface area contributed by atoms with Gasteiger partial charge in [-0.15, -0.1) is 0 Å². The van der Waals surface area contributed by atoms with E-state index in [-0.39, 0.29) is 30.4 Å². The minimum absolute atomic E-state index is 0.243. The van der Waals surface area contributed by atoms with E-state index in [0.717, 1.165) is 0 Å². The first kappa shape index (κ1) is 16.9. The van der Waals surface area contributed by atoms with Crippen LogP contribution in [0.1, 0.15) is 35.3 Å². The van der Waals surface area contributed by atoms with Crippen LogP contribution in [0.25, 0.3) is 5.65 Å². The van der Waals surface area contributed by atoms with Gasteiger partial charge in [0, 0.05) is 24.2 Å². The molecule has 1 N–H and O–H groups in total. The maximum atomic E-state index is 14.0. The van der Waals surface area contributed by atoms with E-state index in [4.69, 9.17) is 9.57 Å². The van der Waals surface area contributed by atoms with Gasteiger partial charge in [-0.2, -0.15) is 5.10 Å². The molecule has 4 heterocycles. The molecule has 2 atom stereocenters. The van der Waals surface area contributed by atoms with Crippen molar-refractivity contribution in [3.05, 3.63) is 53.6 Å². The number of nitrogens with zero attached hydrogens (tertiary/aromatic N) is 4. The molecule has 1 aromatic carbocycles. The van der Waals surface area contributed by atoms with Crippen LogP contribution in [-0.4, -0.2) is 39.8 Å². The zero-order valence-corrected chi connectivity index (χ0v) is 15.1. The summed E-state index contributed by atoms with van der Waals surface area (Å²) in [5.74, 6) is 0.452. The fraction of sp³-hybridized carbons (Fsp3) is 0.316. The van der Waals surface area contributed by atoms with E-state index in [0.29, 0.717) is 41.4 Å². The molecule has 3 aromatic rings. The number of nitrogens with one attached hydrogen (secondary N) is 1. The Morgan fingerprint density at radius 3 is 3.11 bits per heavy atom. The predicted molar refractivity (Wildman–Crippen MR) is 97.6 cm³/mol. The van der Waals surface area contributed by atoms with Crippen LogP contribution in [0.15, 0.2) is 36.7 Å². The van der Waals surface area contributed by atoms with Gasteiger partial charge < -0.3 is 10.1 Å². The Labute approximate surface area is 159 Å². The summed E-state index contributed by atoms with van der Waals surface area (Å²) >= 11 is 0. The van der Waals surface area contributed by atoms with Crippen molar-refractivity contribution < 1.29 is 18.8 Å². The first-order chi connectivity index (χ1) is 13.6. The van der Waals surface area contributed by atoms with Crippen LogP contribution in [0.3, 0.4) is 0 Å². The average molecular weight is 383 g/mol. The summed E-state index contributed by atoms with van der Waals surface area (Å²) in [5, 5.41) is 8.73. The lowest BCUT2D eigenvalue weighted by Crippen LogP contribution is -2.36. The van der Waals surface area contributed by atoms with Crippen molar-refractivity contribution in [3.8, 4) is 5.75 Å². The SMILES string of the molecule is CC1COc2ccc(F)cc2C2CCON2c2ccn3ncc(c3n2)C(=O)N1. The Morgan fingerprint density at radius 2 is 2.21 bits per heavy atom. The number of hydrogen-bond acceptors (Lipinski definition) is 6. The summed E-state index contributed by atoms with van der Waals surface area (Å²) in [5.41, 5.74) is 1.48. The number of benzene rings is 1. The molecule has 5 rings (SSSR count). The Morgan fingerprint density at radius 1 is 1.32 bits per heavy atom. The van der Waals surface area contributed by atoms with Crippen molar-refractivity contribution in [1.29, 1.82) is 0 Å². The van der Waals surface area contributed by atoms with Gasteiger partial charge in [0.1, 0.15) is 23.7 Å². The molecular formula is C19H18FN5O3. The predicted octanol–water partition coefficient (Wildman–Crippen LogP) is 2.26. The molecule has 2 aliphatic rings. The standard InChI is InChI=1S/C19H18FN5O3/c1-11-10-27-16-3-2-12(20)8-13(16)15-5-7-28-25(15)17-4-6-24-18(23-17)14(9-21-24)19(26)22-11/h2-4,6,8-9,11,15H,5,7,10H2,1H3,(H,22,26). The van der Waals surface area contributed by atoms with Gasteiger partial charge in [-0.3, -0.25) is 9.63 Å². The number of hydrogen-bond donors (Lipinski definition) is 1. The number of ether oxygens (including phenoxy) is 1. The maximum Gasteiger partial charge on any atom is 0.257 e. The van der Waals surface area contributed by atoms with Crippen molar-refractivity contribution in [2.45, 2.75) is 25.4 Å². The number of hydroxylamine groups is 1. The van der Waals surface area contributed by atoms with Crippen LogP contribution in [-0.2, 0) is 4.84 Å². The molecule has 2 aromatic heterocycles. The molecular weight excluding hydrogens is 365 g/mol. The maximum absolute atomic E-state index is 14.0. The van der Waals surface area contributed by atoms with Crippen molar-refractivity contribution in [3.63, 3.8) is 0 Å². The van der Waals surface area contributed by atoms with Gasteiger partial charge in [0.05, 0.1) is 24.9 Å². The molecule has 144 valence electrons. The van der Waals surface area contributed by atoms with Crippen LogP contribution in [0.5, 0.6) is 5.75 Å². The first-order valence-corrected chi connectivity index (χ1v) is 9.10. The summed E-state index contributed by atoms with van der Waals surface area (Å²) in [7, 11) is 0. The second-order valence-corrected chi connectivity index (χ2v) is 6.94. The summed E-state index contributed by atoms with van der Waals surface area (Å²) in [6, 6.07) is 5.67. The van der Waals surface area contributed by atoms with Gasteiger partial charge in [-0.25, -0.2) is 19.0 Å². The molecule has 2 bridgehead atoms. The largest absolute Gasteiger partial charge is 0.491 e. The number of carbonyl (C=O) groups is 1. The van der Waals surface area contributed by atoms with E-state index < -0.39 is 0 Å². The molecule has 8 nitrogen and oxygen atoms in total. The number of rotatable bonds is 0. The Bertz CT molecular complexity index is 1070. The van der Waals surface area contributed by atoms with Gasteiger partial charge in [0.25, 0.3) is 5.91 Å². The van der Waals surface area contributed by atoms with Gasteiger partial charge in [0.15, 0.2) is 11.5 Å². The third kappa shape index (κ3) is 2.75. The number of halogens is 1. The molecule has 2 aliphatic heterocycles. The topological polar surface area (TPSA) is 81.0 Å². The Kier molecular flexibility index (Phi) is 3.90. The van der Waals surface area contributed by atoms with E-state index in [1.165, 1.54) is 22.8 Å². The van der Waals surface area contributed by atoms with Gasteiger partial charge in [-0.05, 0) is 25.1 Å². The van der Waals surface area contributed by atoms with E-state index in [1.54, 1.807) is 23.4 Å². The summed E-state index contributed by atoms with van der Waals surface area (Å²) in [6.07, 6.45) is 3.87. The van der Waals surface area contributed by atoms with Crippen molar-refractivity contribution >= 4 is 17.4 Å². The van der Waals surface area contributed by atoms with Crippen LogP contribution in [0.2, 0.25) is 0 Å². The van der Waals surface area contributed by atoms with E-state index in [2.05, 4.69) is 15.4 Å². The minimum atomic E-state index is -0.346. The van der Waals surface area contributed by atoms with E-state index in [9.17, 15) is 9.18 Å². The second-order valence-electron chi connectivity index (χ2n) is 6.94. The number of fused-ring (bicyclic) bond motifs is 5. The zero-order chi connectivity index (χ0) is 19.3. The highest BCUT2D eigenvalue weighted by Gasteiger charge is 2.32. The lowest BCUT2D eigenvalue weighted by atomic mass is 10.0. The highest BCUT2D eigenvalue weighted by Crippen LogP contribution is 2.39. The normalized spacial score (nSPS) is 21.9. The number of amides is 1. The minimum Gasteiger partial charge on any atom is -0.491 e. The molecule has 0 aliphatic carbocycles.